The summed E-state index contributed by atoms with van der Waals surface area (Å²) in [6.07, 6.45) is 8.42. The number of piperidine rings is 1. The smallest absolute Gasteiger partial charge is 0.329 e. The standard InChI is InChI=1S/C54H83NO15/c1-31-16-12-11-13-17-32(2)47(59)37(7)49(61)50(68-10)48(60)35(5)26-33(3)43(58)30-45(34(4)27-38-20-22-40(42(57)23-25-56)46(28-38)67-9)69-53(64)41-18-14-15-24-55(41)52(63)51(62)54(65)36(6)19-21-39(70-54)29-44(31)66-8/h11-13,16-17,26,32-34,36-41,44-48,50,56,59-60,65H,14-15,18-25,27-30H2,1-10H3/b12-11+,17-13+,31-16+,35-26+/t32-,33-,34-,36-,37-,38+,39?,40+,41+,44+,45+,46-,47?,48-,50-,54-/m1/s1. The maximum absolute atomic E-state index is 14.5. The van der Waals surface area contributed by atoms with Gasteiger partial charge in [-0.1, -0.05) is 71.1 Å². The molecule has 2 unspecified atom stereocenters. The third-order valence-electron chi connectivity index (χ3n) is 15.5. The largest absolute Gasteiger partial charge is 0.460 e. The zero-order chi connectivity index (χ0) is 52.0. The summed E-state index contributed by atoms with van der Waals surface area (Å²) < 4.78 is 29.5. The van der Waals surface area contributed by atoms with Gasteiger partial charge in [-0.25, -0.2) is 4.79 Å². The summed E-state index contributed by atoms with van der Waals surface area (Å²) >= 11 is 0. The lowest BCUT2D eigenvalue weighted by molar-refractivity contribution is -0.265. The first-order chi connectivity index (χ1) is 33.1. The highest BCUT2D eigenvalue weighted by atomic mass is 16.6. The summed E-state index contributed by atoms with van der Waals surface area (Å²) in [6.45, 7) is 11.8. The van der Waals surface area contributed by atoms with Crippen molar-refractivity contribution in [1.82, 2.24) is 4.90 Å². The Hall–Kier alpha value is -3.74. The van der Waals surface area contributed by atoms with E-state index >= 15 is 0 Å². The number of aliphatic hydroxyl groups is 4. The Morgan fingerprint density at radius 3 is 2.26 bits per heavy atom. The summed E-state index contributed by atoms with van der Waals surface area (Å²) in [5.74, 6) is -10.1. The van der Waals surface area contributed by atoms with Gasteiger partial charge in [-0.05, 0) is 94.6 Å². The molecule has 0 aromatic carbocycles. The fourth-order valence-corrected chi connectivity index (χ4v) is 10.8. The average Bonchev–Trinajstić information content (AvgIpc) is 3.34. The summed E-state index contributed by atoms with van der Waals surface area (Å²) in [5, 5.41) is 44.1. The van der Waals surface area contributed by atoms with Crippen LogP contribution in [0.25, 0.3) is 0 Å². The SMILES string of the molecule is CO[C@H]1CC2CC[C@@H](C)[C@@](O)(O2)C(=O)C(=O)N2CCCC[C@H]2C(=O)O[C@H]([C@H](C)C[C@@H]2CC[C@@H](C(=O)CCO)[C@H](OC)C2)CC(=O)[C@H](C)/C=C(\C)[C@@H](O)[C@@H](OC)C(=O)[C@H](C)C(O)[C@H](C)/C=C/C=C/C=C/1C. The predicted molar refractivity (Wildman–Crippen MR) is 261 cm³/mol. The molecule has 0 aromatic rings. The van der Waals surface area contributed by atoms with E-state index < -0.39 is 101 Å². The third kappa shape index (κ3) is 14.9. The number of allylic oxidation sites excluding steroid dienone is 5. The number of Topliss-reactive ketones (excluding diaryl/α,β-unsaturated/α-hetero) is 4. The number of esters is 1. The quantitative estimate of drug-likeness (QED) is 0.129. The van der Waals surface area contributed by atoms with E-state index in [0.717, 1.165) is 10.5 Å². The summed E-state index contributed by atoms with van der Waals surface area (Å²) in [6, 6.07) is -1.19. The van der Waals surface area contributed by atoms with Gasteiger partial charge < -0.3 is 49.0 Å². The molecule has 16 heteroatoms. The summed E-state index contributed by atoms with van der Waals surface area (Å²) in [4.78, 5) is 85.1. The Kier molecular flexibility index (Phi) is 23.0. The van der Waals surface area contributed by atoms with Crippen molar-refractivity contribution in [3.05, 3.63) is 47.6 Å². The van der Waals surface area contributed by atoms with Crippen molar-refractivity contribution in [2.24, 2.45) is 41.4 Å². The highest BCUT2D eigenvalue weighted by Crippen LogP contribution is 2.39. The number of fused-ring (bicyclic) bond motifs is 3. The number of ether oxygens (including phenoxy) is 5. The topological polar surface area (TPSA) is 233 Å². The first-order valence-corrected chi connectivity index (χ1v) is 25.4. The van der Waals surface area contributed by atoms with Crippen molar-refractivity contribution in [2.75, 3.05) is 34.5 Å². The Morgan fingerprint density at radius 1 is 0.886 bits per heavy atom. The predicted octanol–water partition coefficient (Wildman–Crippen LogP) is 5.36. The molecule has 0 radical (unpaired) electrons. The molecular formula is C54H83NO15. The van der Waals surface area contributed by atoms with Gasteiger partial charge in [-0.3, -0.25) is 24.0 Å². The van der Waals surface area contributed by atoms with Gasteiger partial charge >= 0.3 is 5.97 Å². The van der Waals surface area contributed by atoms with Gasteiger partial charge in [0.1, 0.15) is 35.9 Å². The molecule has 3 aliphatic heterocycles. The maximum Gasteiger partial charge on any atom is 0.329 e. The Morgan fingerprint density at radius 2 is 1.60 bits per heavy atom. The van der Waals surface area contributed by atoms with Crippen LogP contribution in [0.5, 0.6) is 0 Å². The maximum atomic E-state index is 14.5. The van der Waals surface area contributed by atoms with Gasteiger partial charge in [0.05, 0.1) is 24.4 Å². The van der Waals surface area contributed by atoms with Gasteiger partial charge in [0.25, 0.3) is 11.7 Å². The summed E-state index contributed by atoms with van der Waals surface area (Å²) in [7, 11) is 4.39. The van der Waals surface area contributed by atoms with Gasteiger partial charge in [-0.15, -0.1) is 0 Å². The minimum atomic E-state index is -2.47. The Bertz CT molecular complexity index is 1930. The van der Waals surface area contributed by atoms with E-state index in [9.17, 15) is 49.2 Å². The molecule has 0 spiro atoms. The zero-order valence-corrected chi connectivity index (χ0v) is 43.3. The molecule has 16 nitrogen and oxygen atoms in total. The van der Waals surface area contributed by atoms with Crippen LogP contribution in [-0.4, -0.2) is 149 Å². The molecule has 4 aliphatic rings. The fraction of sp³-hybridized carbons (Fsp3) is 0.741. The van der Waals surface area contributed by atoms with Crippen molar-refractivity contribution >= 4 is 35.0 Å². The number of carbonyl (C=O) groups excluding carboxylic acids is 6. The lowest BCUT2D eigenvalue weighted by Crippen LogP contribution is -2.61. The van der Waals surface area contributed by atoms with Crippen molar-refractivity contribution in [2.45, 2.75) is 180 Å². The van der Waals surface area contributed by atoms with E-state index in [4.69, 9.17) is 23.7 Å². The van der Waals surface area contributed by atoms with Gasteiger partial charge in [0, 0.05) is 83.3 Å². The first-order valence-electron chi connectivity index (χ1n) is 25.4. The second-order valence-electron chi connectivity index (χ2n) is 20.6. The van der Waals surface area contributed by atoms with E-state index in [2.05, 4.69) is 0 Å². The van der Waals surface area contributed by atoms with Crippen molar-refractivity contribution in [1.29, 1.82) is 0 Å². The van der Waals surface area contributed by atoms with E-state index in [1.54, 1.807) is 79.2 Å². The number of carbonyl (C=O) groups is 6. The average molecular weight is 986 g/mol. The fourth-order valence-electron chi connectivity index (χ4n) is 10.8. The number of nitrogens with zero attached hydrogens (tertiary/aromatic N) is 1. The van der Waals surface area contributed by atoms with Crippen molar-refractivity contribution < 1.29 is 72.9 Å². The zero-order valence-electron chi connectivity index (χ0n) is 43.3. The van der Waals surface area contributed by atoms with Crippen LogP contribution >= 0.6 is 0 Å². The molecule has 2 saturated heterocycles. The molecule has 70 heavy (non-hydrogen) atoms. The molecule has 0 aromatic heterocycles. The van der Waals surface area contributed by atoms with Crippen LogP contribution in [0.2, 0.25) is 0 Å². The molecule has 1 aliphatic carbocycles. The minimum Gasteiger partial charge on any atom is -0.460 e. The molecule has 4 rings (SSSR count). The van der Waals surface area contributed by atoms with E-state index in [1.807, 2.05) is 19.9 Å². The highest BCUT2D eigenvalue weighted by molar-refractivity contribution is 6.39. The molecule has 1 amide bonds. The van der Waals surface area contributed by atoms with Crippen molar-refractivity contribution in [3.8, 4) is 0 Å². The van der Waals surface area contributed by atoms with E-state index in [0.29, 0.717) is 51.4 Å². The number of methoxy groups -OCH3 is 3. The molecule has 1 saturated carbocycles. The second kappa shape index (κ2) is 27.4. The lowest BCUT2D eigenvalue weighted by atomic mass is 9.73. The van der Waals surface area contributed by atoms with Crippen LogP contribution in [-0.2, 0) is 52.5 Å². The second-order valence-corrected chi connectivity index (χ2v) is 20.6. The summed E-state index contributed by atoms with van der Waals surface area (Å²) in [5.41, 5.74) is 1.11. The van der Waals surface area contributed by atoms with Gasteiger partial charge in [-0.2, -0.15) is 0 Å². The number of hydrogen-bond donors (Lipinski definition) is 4. The van der Waals surface area contributed by atoms with Crippen molar-refractivity contribution in [3.63, 3.8) is 0 Å². The van der Waals surface area contributed by atoms with Crippen LogP contribution in [0.4, 0.5) is 0 Å². The number of hydrogen-bond acceptors (Lipinski definition) is 15. The van der Waals surface area contributed by atoms with E-state index in [-0.39, 0.29) is 73.9 Å². The number of amides is 1. The molecule has 394 valence electrons. The molecular weight excluding hydrogens is 903 g/mol. The van der Waals surface area contributed by atoms with Crippen LogP contribution in [0.3, 0.4) is 0 Å². The Balaban J connectivity index is 1.72. The minimum absolute atomic E-state index is 0.0306. The van der Waals surface area contributed by atoms with Crippen LogP contribution < -0.4 is 0 Å². The normalized spacial score (nSPS) is 39.4. The monoisotopic (exact) mass is 986 g/mol. The van der Waals surface area contributed by atoms with E-state index in [1.165, 1.54) is 7.11 Å². The van der Waals surface area contributed by atoms with Gasteiger partial charge in [0.2, 0.25) is 5.79 Å². The van der Waals surface area contributed by atoms with Crippen LogP contribution in [0.1, 0.15) is 126 Å². The first kappa shape index (κ1) is 58.8. The third-order valence-corrected chi connectivity index (χ3v) is 15.5. The van der Waals surface area contributed by atoms with Crippen LogP contribution in [0, 0.1) is 41.4 Å². The Labute approximate surface area is 415 Å². The van der Waals surface area contributed by atoms with Gasteiger partial charge in [0.15, 0.2) is 5.78 Å². The molecule has 3 fully saturated rings. The number of rotatable bonds is 9. The number of cyclic esters (lactones) is 1. The molecule has 16 atom stereocenters. The molecule has 4 N–H and O–H groups in total. The number of aliphatic hydroxyl groups excluding tert-OH is 3. The lowest BCUT2D eigenvalue weighted by Gasteiger charge is -2.42. The van der Waals surface area contributed by atoms with Crippen LogP contribution in [0.15, 0.2) is 47.6 Å². The molecule has 3 heterocycles. The number of ketones is 4. The highest BCUT2D eigenvalue weighted by Gasteiger charge is 2.53. The molecule has 2 bridgehead atoms.